The van der Waals surface area contributed by atoms with E-state index in [0.29, 0.717) is 11.3 Å². The molecule has 0 aliphatic carbocycles. The number of anilines is 1. The van der Waals surface area contributed by atoms with E-state index in [1.807, 2.05) is 0 Å². The van der Waals surface area contributed by atoms with Crippen molar-refractivity contribution in [2.45, 2.75) is 38.9 Å². The molecule has 1 aromatic rings. The van der Waals surface area contributed by atoms with Crippen molar-refractivity contribution in [1.82, 2.24) is 0 Å². The van der Waals surface area contributed by atoms with Crippen molar-refractivity contribution in [3.05, 3.63) is 23.8 Å². The Morgan fingerprint density at radius 1 is 1.32 bits per heavy atom. The van der Waals surface area contributed by atoms with Crippen LogP contribution in [0.15, 0.2) is 18.2 Å². The van der Waals surface area contributed by atoms with Crippen molar-refractivity contribution in [1.29, 1.82) is 0 Å². The van der Waals surface area contributed by atoms with Gasteiger partial charge in [-0.3, -0.25) is 5.32 Å². The number of carboxylic acid groups (broad SMARTS) is 1. The molecule has 7 nitrogen and oxygen atoms in total. The number of carbonyl (C=O) groups is 2. The zero-order valence-electron chi connectivity index (χ0n) is 13.0. The molecule has 1 amide bonds. The maximum Gasteiger partial charge on any atom is 0.412 e. The number of amides is 1. The Morgan fingerprint density at radius 3 is 2.41 bits per heavy atom. The first kappa shape index (κ1) is 17.8. The predicted molar refractivity (Wildman–Crippen MR) is 80.1 cm³/mol. The van der Waals surface area contributed by atoms with E-state index in [1.54, 1.807) is 26.8 Å². The number of aliphatic carboxylic acids is 1. The highest BCUT2D eigenvalue weighted by Crippen LogP contribution is 2.24. The molecule has 1 rings (SSSR count). The lowest BCUT2D eigenvalue weighted by Gasteiger charge is -2.20. The average Bonchev–Trinajstić information content (AvgIpc) is 2.35. The number of ether oxygens (including phenoxy) is 2. The smallest absolute Gasteiger partial charge is 0.412 e. The Balaban J connectivity index is 2.77. The molecule has 0 aliphatic heterocycles. The molecule has 0 saturated carbocycles. The molecule has 0 aromatic heterocycles. The van der Waals surface area contributed by atoms with Crippen molar-refractivity contribution in [2.75, 3.05) is 12.4 Å². The summed E-state index contributed by atoms with van der Waals surface area (Å²) >= 11 is 0. The van der Waals surface area contributed by atoms with Crippen LogP contribution in [-0.4, -0.2) is 41.1 Å². The number of methoxy groups -OCH3 is 1. The third kappa shape index (κ3) is 5.61. The van der Waals surface area contributed by atoms with Gasteiger partial charge in [-0.25, -0.2) is 9.59 Å². The SMILES string of the molecule is COC(Cc1ccc(NC(=O)OC(C)(C)C)cc1O)C(=O)O. The number of phenolic OH excluding ortho intramolecular Hbond substituents is 1. The first-order valence-corrected chi connectivity index (χ1v) is 6.70. The lowest BCUT2D eigenvalue weighted by molar-refractivity contribution is -0.148. The van der Waals surface area contributed by atoms with Crippen LogP contribution in [0.3, 0.4) is 0 Å². The molecule has 0 bridgehead atoms. The Kier molecular flexibility index (Phi) is 5.76. The topological polar surface area (TPSA) is 105 Å². The molecule has 7 heteroatoms. The van der Waals surface area contributed by atoms with Crippen LogP contribution in [0.4, 0.5) is 10.5 Å². The third-order valence-corrected chi connectivity index (χ3v) is 2.70. The minimum atomic E-state index is -1.11. The summed E-state index contributed by atoms with van der Waals surface area (Å²) in [7, 11) is 1.29. The van der Waals surface area contributed by atoms with E-state index in [9.17, 15) is 14.7 Å². The van der Waals surface area contributed by atoms with Crippen LogP contribution >= 0.6 is 0 Å². The fraction of sp³-hybridized carbons (Fsp3) is 0.467. The van der Waals surface area contributed by atoms with Crippen molar-refractivity contribution in [2.24, 2.45) is 0 Å². The Bertz CT molecular complexity index is 549. The number of aromatic hydroxyl groups is 1. The summed E-state index contributed by atoms with van der Waals surface area (Å²) in [5, 5.41) is 21.3. The van der Waals surface area contributed by atoms with Gasteiger partial charge in [0.1, 0.15) is 11.4 Å². The summed E-state index contributed by atoms with van der Waals surface area (Å²) < 4.78 is 9.92. The van der Waals surface area contributed by atoms with Crippen molar-refractivity contribution in [3.8, 4) is 5.75 Å². The van der Waals surface area contributed by atoms with E-state index in [2.05, 4.69) is 5.32 Å². The summed E-state index contributed by atoms with van der Waals surface area (Å²) in [6.07, 6.45) is -1.67. The van der Waals surface area contributed by atoms with E-state index in [4.69, 9.17) is 14.6 Å². The Morgan fingerprint density at radius 2 is 1.95 bits per heavy atom. The standard InChI is InChI=1S/C15H21NO6/c1-15(2,3)22-14(20)16-10-6-5-9(11(17)8-10)7-12(21-4)13(18)19/h5-6,8,12,17H,7H2,1-4H3,(H,16,20)(H,18,19). The van der Waals surface area contributed by atoms with Gasteiger partial charge in [-0.15, -0.1) is 0 Å². The fourth-order valence-corrected chi connectivity index (χ4v) is 1.71. The van der Waals surface area contributed by atoms with Crippen LogP contribution in [0.2, 0.25) is 0 Å². The van der Waals surface area contributed by atoms with E-state index < -0.39 is 23.8 Å². The molecule has 0 aliphatic rings. The maximum atomic E-state index is 11.6. The van der Waals surface area contributed by atoms with Crippen LogP contribution in [0.1, 0.15) is 26.3 Å². The third-order valence-electron chi connectivity index (χ3n) is 2.70. The summed E-state index contributed by atoms with van der Waals surface area (Å²) in [4.78, 5) is 22.5. The summed E-state index contributed by atoms with van der Waals surface area (Å²) in [5.41, 5.74) is 0.128. The van der Waals surface area contributed by atoms with E-state index in [-0.39, 0.29) is 12.2 Å². The largest absolute Gasteiger partial charge is 0.508 e. The lowest BCUT2D eigenvalue weighted by atomic mass is 10.1. The van der Waals surface area contributed by atoms with Gasteiger partial charge < -0.3 is 19.7 Å². The van der Waals surface area contributed by atoms with Gasteiger partial charge in [0.05, 0.1) is 0 Å². The van der Waals surface area contributed by atoms with Crippen molar-refractivity contribution >= 4 is 17.7 Å². The molecule has 1 unspecified atom stereocenters. The molecule has 1 atom stereocenters. The van der Waals surface area contributed by atoms with Gasteiger partial charge in [0.15, 0.2) is 6.10 Å². The lowest BCUT2D eigenvalue weighted by Crippen LogP contribution is -2.27. The highest BCUT2D eigenvalue weighted by atomic mass is 16.6. The highest BCUT2D eigenvalue weighted by molar-refractivity contribution is 5.85. The van der Waals surface area contributed by atoms with Gasteiger partial charge in [0.25, 0.3) is 0 Å². The molecule has 22 heavy (non-hydrogen) atoms. The van der Waals surface area contributed by atoms with Gasteiger partial charge in [-0.05, 0) is 32.4 Å². The summed E-state index contributed by atoms with van der Waals surface area (Å²) in [6, 6.07) is 4.40. The van der Waals surface area contributed by atoms with Crippen LogP contribution in [-0.2, 0) is 20.7 Å². The number of benzene rings is 1. The fourth-order valence-electron chi connectivity index (χ4n) is 1.71. The summed E-state index contributed by atoms with van der Waals surface area (Å²) in [6.45, 7) is 5.22. The zero-order valence-corrected chi connectivity index (χ0v) is 13.0. The number of hydrogen-bond acceptors (Lipinski definition) is 5. The second-order valence-electron chi connectivity index (χ2n) is 5.74. The monoisotopic (exact) mass is 311 g/mol. The van der Waals surface area contributed by atoms with E-state index in [0.717, 1.165) is 0 Å². The van der Waals surface area contributed by atoms with Gasteiger partial charge in [0.2, 0.25) is 0 Å². The number of carboxylic acids is 1. The molecule has 0 spiro atoms. The second-order valence-corrected chi connectivity index (χ2v) is 5.74. The number of hydrogen-bond donors (Lipinski definition) is 3. The number of nitrogens with one attached hydrogen (secondary N) is 1. The van der Waals surface area contributed by atoms with Gasteiger partial charge in [-0.1, -0.05) is 6.07 Å². The Hall–Kier alpha value is -2.28. The van der Waals surface area contributed by atoms with E-state index in [1.165, 1.54) is 19.2 Å². The van der Waals surface area contributed by atoms with Gasteiger partial charge in [-0.2, -0.15) is 0 Å². The minimum absolute atomic E-state index is 0.0182. The van der Waals surface area contributed by atoms with E-state index >= 15 is 0 Å². The number of carbonyl (C=O) groups excluding carboxylic acids is 1. The van der Waals surface area contributed by atoms with Crippen molar-refractivity contribution in [3.63, 3.8) is 0 Å². The number of rotatable bonds is 5. The Labute approximate surface area is 128 Å². The summed E-state index contributed by atoms with van der Waals surface area (Å²) in [5.74, 6) is -1.24. The van der Waals surface area contributed by atoms with Gasteiger partial charge in [0, 0.05) is 25.3 Å². The molecule has 3 N–H and O–H groups in total. The zero-order chi connectivity index (χ0) is 16.9. The molecule has 0 heterocycles. The second kappa shape index (κ2) is 7.13. The van der Waals surface area contributed by atoms with Crippen LogP contribution in [0.25, 0.3) is 0 Å². The molecule has 1 aromatic carbocycles. The average molecular weight is 311 g/mol. The molecular formula is C15H21NO6. The molecule has 122 valence electrons. The minimum Gasteiger partial charge on any atom is -0.508 e. The molecule has 0 fully saturated rings. The number of phenols is 1. The first-order valence-electron chi connectivity index (χ1n) is 6.70. The van der Waals surface area contributed by atoms with Crippen molar-refractivity contribution < 1.29 is 29.3 Å². The molecular weight excluding hydrogens is 290 g/mol. The normalized spacial score (nSPS) is 12.5. The molecule has 0 saturated heterocycles. The highest BCUT2D eigenvalue weighted by Gasteiger charge is 2.20. The maximum absolute atomic E-state index is 11.6. The van der Waals surface area contributed by atoms with Crippen LogP contribution in [0.5, 0.6) is 5.75 Å². The van der Waals surface area contributed by atoms with Crippen LogP contribution < -0.4 is 5.32 Å². The van der Waals surface area contributed by atoms with Crippen LogP contribution in [0, 0.1) is 0 Å². The first-order chi connectivity index (χ1) is 10.1. The van der Waals surface area contributed by atoms with Gasteiger partial charge >= 0.3 is 12.1 Å². The quantitative estimate of drug-likeness (QED) is 0.771. The molecule has 0 radical (unpaired) electrons. The predicted octanol–water partition coefficient (Wildman–Crippen LogP) is 2.38.